The number of rotatable bonds is 9. The number of nitriles is 1. The first-order valence-corrected chi connectivity index (χ1v) is 12.4. The number of nitrogens with zero attached hydrogens (tertiary/aromatic N) is 5. The quantitative estimate of drug-likeness (QED) is 0.444. The second-order valence-electron chi connectivity index (χ2n) is 8.86. The molecule has 0 amide bonds. The second-order valence-corrected chi connectivity index (χ2v) is 9.29. The number of anilines is 1. The number of carbonyl (C=O) groups is 1. The van der Waals surface area contributed by atoms with E-state index in [0.717, 1.165) is 48.8 Å². The summed E-state index contributed by atoms with van der Waals surface area (Å²) in [6, 6.07) is 19.3. The molecule has 1 aromatic heterocycles. The molecule has 8 nitrogen and oxygen atoms in total. The van der Waals surface area contributed by atoms with Crippen LogP contribution >= 0.6 is 11.6 Å². The van der Waals surface area contributed by atoms with Gasteiger partial charge < -0.3 is 14.7 Å². The fraction of sp³-hybridized carbons (Fsp3) is 0.370. The third kappa shape index (κ3) is 6.43. The normalized spacial score (nSPS) is 14.9. The van der Waals surface area contributed by atoms with Gasteiger partial charge in [0, 0.05) is 49.0 Å². The Balaban J connectivity index is 1.39. The Morgan fingerprint density at radius 3 is 2.56 bits per heavy atom. The maximum Gasteiger partial charge on any atom is 0.305 e. The maximum absolute atomic E-state index is 11.7. The molecule has 1 unspecified atom stereocenters. The average Bonchev–Trinajstić information content (AvgIpc) is 3.30. The van der Waals surface area contributed by atoms with Gasteiger partial charge in [0.15, 0.2) is 0 Å². The summed E-state index contributed by atoms with van der Waals surface area (Å²) in [7, 11) is 1.38. The number of carbonyl (C=O) groups excluding carboxylic acids is 1. The molecule has 0 saturated carbocycles. The lowest BCUT2D eigenvalue weighted by atomic mass is 10.1. The molecule has 0 aliphatic carbocycles. The number of benzene rings is 2. The van der Waals surface area contributed by atoms with Gasteiger partial charge in [-0.25, -0.2) is 0 Å². The number of aryl methyl sites for hydroxylation is 1. The number of halogens is 1. The smallest absolute Gasteiger partial charge is 0.305 e. The number of esters is 1. The molecule has 1 saturated heterocycles. The molecule has 2 aromatic carbocycles. The third-order valence-corrected chi connectivity index (χ3v) is 6.66. The fourth-order valence-electron chi connectivity index (χ4n) is 4.48. The van der Waals surface area contributed by atoms with Crippen LogP contribution in [0.4, 0.5) is 5.69 Å². The van der Waals surface area contributed by atoms with Crippen LogP contribution in [0.5, 0.6) is 0 Å². The number of ether oxygens (including phenoxy) is 1. The van der Waals surface area contributed by atoms with Gasteiger partial charge in [-0.15, -0.1) is 0 Å². The summed E-state index contributed by atoms with van der Waals surface area (Å²) in [4.78, 5) is 16.2. The standard InChI is InChI=1S/C27H30ClN5O3/c1-36-27(35)11-10-23-16-25(20-6-8-22(28)9-7-20)30-33(23)19-24(34)18-31-12-14-32(15-13-31)26-5-3-2-4-21(26)17-29/h2-9,16,24,34H,10-15,18-19H2,1H3. The molecule has 4 rings (SSSR count). The Bertz CT molecular complexity index is 1210. The number of piperazine rings is 1. The molecule has 9 heteroatoms. The molecule has 188 valence electrons. The Kier molecular flexibility index (Phi) is 8.60. The van der Waals surface area contributed by atoms with Crippen LogP contribution in [-0.4, -0.2) is 71.7 Å². The number of aliphatic hydroxyl groups is 1. The third-order valence-electron chi connectivity index (χ3n) is 6.41. The Morgan fingerprint density at radius 2 is 1.86 bits per heavy atom. The monoisotopic (exact) mass is 507 g/mol. The van der Waals surface area contributed by atoms with Crippen molar-refractivity contribution in [2.24, 2.45) is 0 Å². The van der Waals surface area contributed by atoms with E-state index >= 15 is 0 Å². The highest BCUT2D eigenvalue weighted by Crippen LogP contribution is 2.23. The van der Waals surface area contributed by atoms with Crippen LogP contribution in [-0.2, 0) is 22.5 Å². The molecule has 1 aliphatic heterocycles. The van der Waals surface area contributed by atoms with E-state index in [1.54, 1.807) is 4.68 Å². The zero-order valence-electron chi connectivity index (χ0n) is 20.3. The number of aliphatic hydroxyl groups excluding tert-OH is 1. The number of hydrogen-bond acceptors (Lipinski definition) is 7. The highest BCUT2D eigenvalue weighted by atomic mass is 35.5. The van der Waals surface area contributed by atoms with Gasteiger partial charge in [0.2, 0.25) is 0 Å². The molecule has 1 atom stereocenters. The van der Waals surface area contributed by atoms with Crippen molar-refractivity contribution in [3.05, 3.63) is 70.9 Å². The SMILES string of the molecule is COC(=O)CCc1cc(-c2ccc(Cl)cc2)nn1CC(O)CN1CCN(c2ccccc2C#N)CC1. The Hall–Kier alpha value is -3.38. The van der Waals surface area contributed by atoms with E-state index in [1.165, 1.54) is 7.11 Å². The highest BCUT2D eigenvalue weighted by Gasteiger charge is 2.22. The second kappa shape index (κ2) is 12.0. The van der Waals surface area contributed by atoms with Crippen molar-refractivity contribution in [2.75, 3.05) is 44.7 Å². The van der Waals surface area contributed by atoms with Gasteiger partial charge in [0.05, 0.1) is 43.1 Å². The van der Waals surface area contributed by atoms with E-state index in [1.807, 2.05) is 54.6 Å². The zero-order valence-corrected chi connectivity index (χ0v) is 21.1. The summed E-state index contributed by atoms with van der Waals surface area (Å²) in [6.45, 7) is 4.00. The zero-order chi connectivity index (χ0) is 25.5. The largest absolute Gasteiger partial charge is 0.469 e. The molecule has 36 heavy (non-hydrogen) atoms. The van der Waals surface area contributed by atoms with E-state index in [0.29, 0.717) is 30.1 Å². The Morgan fingerprint density at radius 1 is 1.14 bits per heavy atom. The summed E-state index contributed by atoms with van der Waals surface area (Å²) >= 11 is 6.02. The van der Waals surface area contributed by atoms with Crippen molar-refractivity contribution in [2.45, 2.75) is 25.5 Å². The number of para-hydroxylation sites is 1. The van der Waals surface area contributed by atoms with Crippen LogP contribution in [0.15, 0.2) is 54.6 Å². The van der Waals surface area contributed by atoms with Crippen molar-refractivity contribution >= 4 is 23.3 Å². The Labute approximate surface area is 216 Å². The van der Waals surface area contributed by atoms with Crippen molar-refractivity contribution in [1.29, 1.82) is 5.26 Å². The molecule has 1 N–H and O–H groups in total. The van der Waals surface area contributed by atoms with Crippen molar-refractivity contribution in [3.63, 3.8) is 0 Å². The van der Waals surface area contributed by atoms with E-state index < -0.39 is 6.10 Å². The minimum atomic E-state index is -0.627. The summed E-state index contributed by atoms with van der Waals surface area (Å²) in [6.07, 6.45) is 0.0827. The lowest BCUT2D eigenvalue weighted by Crippen LogP contribution is -2.49. The number of methoxy groups -OCH3 is 1. The molecule has 1 aliphatic rings. The molecule has 1 fully saturated rings. The predicted octanol–water partition coefficient (Wildman–Crippen LogP) is 3.36. The first kappa shape index (κ1) is 25.7. The van der Waals surface area contributed by atoms with Crippen molar-refractivity contribution in [3.8, 4) is 17.3 Å². The average molecular weight is 508 g/mol. The van der Waals surface area contributed by atoms with Gasteiger partial charge in [0.25, 0.3) is 0 Å². The van der Waals surface area contributed by atoms with Crippen LogP contribution < -0.4 is 4.90 Å². The van der Waals surface area contributed by atoms with Crippen LogP contribution in [0, 0.1) is 11.3 Å². The number of hydrogen-bond donors (Lipinski definition) is 1. The van der Waals surface area contributed by atoms with Gasteiger partial charge >= 0.3 is 5.97 Å². The van der Waals surface area contributed by atoms with E-state index in [2.05, 4.69) is 15.9 Å². The van der Waals surface area contributed by atoms with Crippen LogP contribution in [0.25, 0.3) is 11.3 Å². The summed E-state index contributed by atoms with van der Waals surface area (Å²) in [5.41, 5.74) is 4.19. The molecule has 0 radical (unpaired) electrons. The predicted molar refractivity (Wildman–Crippen MR) is 139 cm³/mol. The lowest BCUT2D eigenvalue weighted by Gasteiger charge is -2.37. The van der Waals surface area contributed by atoms with Crippen LogP contribution in [0.2, 0.25) is 5.02 Å². The molecular weight excluding hydrogens is 478 g/mol. The fourth-order valence-corrected chi connectivity index (χ4v) is 4.61. The van der Waals surface area contributed by atoms with Crippen LogP contribution in [0.1, 0.15) is 17.7 Å². The first-order chi connectivity index (χ1) is 17.5. The topological polar surface area (TPSA) is 94.6 Å². The number of β-amino-alcohol motifs (C(OH)–C–C–N with tert-alkyl or cyclic N) is 1. The van der Waals surface area contributed by atoms with Gasteiger partial charge in [0.1, 0.15) is 6.07 Å². The van der Waals surface area contributed by atoms with Gasteiger partial charge in [-0.05, 0) is 36.8 Å². The summed E-state index contributed by atoms with van der Waals surface area (Å²) in [5, 5.41) is 25.7. The minimum absolute atomic E-state index is 0.241. The lowest BCUT2D eigenvalue weighted by molar-refractivity contribution is -0.140. The van der Waals surface area contributed by atoms with E-state index in [9.17, 15) is 15.2 Å². The molecular formula is C27H30ClN5O3. The minimum Gasteiger partial charge on any atom is -0.469 e. The summed E-state index contributed by atoms with van der Waals surface area (Å²) in [5.74, 6) is -0.285. The molecule has 2 heterocycles. The molecule has 0 spiro atoms. The van der Waals surface area contributed by atoms with E-state index in [-0.39, 0.29) is 12.4 Å². The van der Waals surface area contributed by atoms with Gasteiger partial charge in [-0.2, -0.15) is 10.4 Å². The first-order valence-electron chi connectivity index (χ1n) is 12.0. The van der Waals surface area contributed by atoms with Gasteiger partial charge in [-0.1, -0.05) is 35.9 Å². The summed E-state index contributed by atoms with van der Waals surface area (Å²) < 4.78 is 6.58. The number of aromatic nitrogens is 2. The maximum atomic E-state index is 11.7. The molecule has 3 aromatic rings. The van der Waals surface area contributed by atoms with Crippen molar-refractivity contribution < 1.29 is 14.6 Å². The van der Waals surface area contributed by atoms with Crippen molar-refractivity contribution in [1.82, 2.24) is 14.7 Å². The van der Waals surface area contributed by atoms with E-state index in [4.69, 9.17) is 21.4 Å². The highest BCUT2D eigenvalue weighted by molar-refractivity contribution is 6.30. The van der Waals surface area contributed by atoms with Crippen LogP contribution in [0.3, 0.4) is 0 Å². The molecule has 0 bridgehead atoms. The van der Waals surface area contributed by atoms with Gasteiger partial charge in [-0.3, -0.25) is 14.4 Å².